The van der Waals surface area contributed by atoms with Crippen LogP contribution in [0.3, 0.4) is 0 Å². The molecule has 0 radical (unpaired) electrons. The molecule has 162 valence electrons. The van der Waals surface area contributed by atoms with Gasteiger partial charge in [-0.3, -0.25) is 14.9 Å². The summed E-state index contributed by atoms with van der Waals surface area (Å²) in [5, 5.41) is 12.7. The number of amides is 1. The average Bonchev–Trinajstić information content (AvgIpc) is 3.32. The zero-order valence-corrected chi connectivity index (χ0v) is 17.5. The second-order valence-corrected chi connectivity index (χ2v) is 7.97. The summed E-state index contributed by atoms with van der Waals surface area (Å²) in [7, 11) is 0. The van der Waals surface area contributed by atoms with Gasteiger partial charge in [0, 0.05) is 0 Å². The number of likely N-dealkylation sites (tertiary alicyclic amines) is 1. The summed E-state index contributed by atoms with van der Waals surface area (Å²) in [6, 6.07) is 7.44. The van der Waals surface area contributed by atoms with Crippen LogP contribution >= 0.6 is 0 Å². The molecule has 7 nitrogen and oxygen atoms in total. The molecule has 2 N–H and O–H groups in total. The Hall–Kier alpha value is -2.67. The topological polar surface area (TPSA) is 95.9 Å². The smallest absolute Gasteiger partial charge is 0.326 e. The van der Waals surface area contributed by atoms with Crippen molar-refractivity contribution in [1.29, 1.82) is 0 Å². The fourth-order valence-corrected chi connectivity index (χ4v) is 4.44. The van der Waals surface area contributed by atoms with Gasteiger partial charge in [0.05, 0.1) is 18.7 Å². The van der Waals surface area contributed by atoms with E-state index in [4.69, 9.17) is 4.74 Å². The third-order valence-corrected chi connectivity index (χ3v) is 5.93. The van der Waals surface area contributed by atoms with Crippen LogP contribution in [-0.4, -0.2) is 58.6 Å². The van der Waals surface area contributed by atoms with Crippen LogP contribution < -0.4 is 5.32 Å². The lowest BCUT2D eigenvalue weighted by Gasteiger charge is -2.31. The molecule has 3 rings (SSSR count). The molecule has 0 bridgehead atoms. The Kier molecular flexibility index (Phi) is 7.26. The fraction of sp³-hybridized carbons (Fsp3) is 0.522. The highest BCUT2D eigenvalue weighted by atomic mass is 16.5. The van der Waals surface area contributed by atoms with E-state index in [1.54, 1.807) is 13.8 Å². The summed E-state index contributed by atoms with van der Waals surface area (Å²) in [6.07, 6.45) is 6.33. The van der Waals surface area contributed by atoms with Gasteiger partial charge in [-0.15, -0.1) is 0 Å². The lowest BCUT2D eigenvalue weighted by molar-refractivity contribution is -0.151. The van der Waals surface area contributed by atoms with Gasteiger partial charge in [0.25, 0.3) is 0 Å². The fourth-order valence-electron chi connectivity index (χ4n) is 4.44. The Morgan fingerprint density at radius 3 is 2.67 bits per heavy atom. The van der Waals surface area contributed by atoms with E-state index in [-0.39, 0.29) is 24.5 Å². The summed E-state index contributed by atoms with van der Waals surface area (Å²) in [5.41, 5.74) is 1.09. The Bertz CT molecular complexity index is 794. The largest absolute Gasteiger partial charge is 0.480 e. The molecule has 0 saturated carbocycles. The van der Waals surface area contributed by atoms with Crippen molar-refractivity contribution in [3.8, 4) is 0 Å². The first kappa shape index (κ1) is 22.0. The third-order valence-electron chi connectivity index (χ3n) is 5.93. The number of allylic oxidation sites excluding steroid dienone is 1. The number of aryl methyl sites for hydroxylation is 1. The molecule has 1 aromatic carbocycles. The van der Waals surface area contributed by atoms with Crippen molar-refractivity contribution in [3.05, 3.63) is 48.0 Å². The predicted octanol–water partition coefficient (Wildman–Crippen LogP) is 2.16. The molecule has 0 unspecified atom stereocenters. The van der Waals surface area contributed by atoms with E-state index in [0.717, 1.165) is 12.0 Å². The molecule has 1 saturated heterocycles. The highest BCUT2D eigenvalue weighted by molar-refractivity contribution is 5.89. The number of rotatable bonds is 9. The number of aliphatic carboxylic acids is 1. The first-order valence-corrected chi connectivity index (χ1v) is 10.6. The van der Waals surface area contributed by atoms with Crippen molar-refractivity contribution in [2.45, 2.75) is 63.7 Å². The van der Waals surface area contributed by atoms with E-state index in [9.17, 15) is 19.5 Å². The number of hydrogen-bond donors (Lipinski definition) is 2. The van der Waals surface area contributed by atoms with E-state index in [2.05, 4.69) is 5.32 Å². The normalized spacial score (nSPS) is 24.3. The van der Waals surface area contributed by atoms with Crippen LogP contribution in [0.5, 0.6) is 0 Å². The summed E-state index contributed by atoms with van der Waals surface area (Å²) >= 11 is 0. The Labute approximate surface area is 177 Å². The van der Waals surface area contributed by atoms with Gasteiger partial charge in [-0.25, -0.2) is 4.79 Å². The second-order valence-electron chi connectivity index (χ2n) is 7.97. The Morgan fingerprint density at radius 2 is 2.00 bits per heavy atom. The van der Waals surface area contributed by atoms with Gasteiger partial charge >= 0.3 is 11.9 Å². The van der Waals surface area contributed by atoms with E-state index in [0.29, 0.717) is 19.3 Å². The summed E-state index contributed by atoms with van der Waals surface area (Å²) < 4.78 is 5.20. The standard InChI is InChI=1S/C23H30N2O5/c1-3-30-23(29)18(13-12-16-8-5-4-6-9-16)24-15(2)21(26)25-19-11-7-10-17(19)14-20(25)22(27)28/h4-9,11,15,17-20,24H,3,10,12-14H2,1-2H3,(H,27,28)/t15-,17+,18-,19-,20-/m0/s1. The quantitative estimate of drug-likeness (QED) is 0.475. The van der Waals surface area contributed by atoms with E-state index in [1.165, 1.54) is 4.90 Å². The van der Waals surface area contributed by atoms with Gasteiger partial charge < -0.3 is 14.7 Å². The maximum absolute atomic E-state index is 13.2. The SMILES string of the molecule is CCOC(=O)[C@H](CCc1ccccc1)N[C@@H](C)C(=O)N1[C@H](C(=O)O)C[C@H]2CC=C[C@@H]21. The minimum absolute atomic E-state index is 0.154. The van der Waals surface area contributed by atoms with Crippen molar-refractivity contribution < 1.29 is 24.2 Å². The van der Waals surface area contributed by atoms with E-state index < -0.39 is 30.1 Å². The number of carbonyl (C=O) groups excluding carboxylic acids is 2. The number of nitrogens with zero attached hydrogens (tertiary/aromatic N) is 1. The van der Waals surface area contributed by atoms with Crippen LogP contribution in [0.25, 0.3) is 0 Å². The highest BCUT2D eigenvalue weighted by Gasteiger charge is 2.48. The first-order chi connectivity index (χ1) is 14.4. The van der Waals surface area contributed by atoms with Crippen LogP contribution in [0.4, 0.5) is 0 Å². The van der Waals surface area contributed by atoms with Gasteiger partial charge in [-0.2, -0.15) is 0 Å². The van der Waals surface area contributed by atoms with Gasteiger partial charge in [0.15, 0.2) is 0 Å². The number of carboxylic acids is 1. The Morgan fingerprint density at radius 1 is 1.27 bits per heavy atom. The van der Waals surface area contributed by atoms with Crippen molar-refractivity contribution in [1.82, 2.24) is 10.2 Å². The van der Waals surface area contributed by atoms with Crippen molar-refractivity contribution in [2.75, 3.05) is 6.61 Å². The van der Waals surface area contributed by atoms with E-state index in [1.807, 2.05) is 42.5 Å². The summed E-state index contributed by atoms with van der Waals surface area (Å²) in [5.74, 6) is -1.52. The Balaban J connectivity index is 1.69. The average molecular weight is 415 g/mol. The maximum Gasteiger partial charge on any atom is 0.326 e. The van der Waals surface area contributed by atoms with Crippen LogP contribution in [-0.2, 0) is 25.5 Å². The zero-order chi connectivity index (χ0) is 21.7. The molecule has 1 aromatic rings. The van der Waals surface area contributed by atoms with Crippen molar-refractivity contribution in [2.24, 2.45) is 5.92 Å². The number of nitrogens with one attached hydrogen (secondary N) is 1. The van der Waals surface area contributed by atoms with Gasteiger partial charge in [0.1, 0.15) is 12.1 Å². The molecule has 0 spiro atoms. The predicted molar refractivity (Wildman–Crippen MR) is 112 cm³/mol. The number of carbonyl (C=O) groups is 3. The molecule has 1 fully saturated rings. The second kappa shape index (κ2) is 9.89. The number of esters is 1. The van der Waals surface area contributed by atoms with Crippen molar-refractivity contribution in [3.63, 3.8) is 0 Å². The van der Waals surface area contributed by atoms with Gasteiger partial charge in [0.2, 0.25) is 5.91 Å². The van der Waals surface area contributed by atoms with Crippen molar-refractivity contribution >= 4 is 17.8 Å². The molecule has 1 aliphatic carbocycles. The molecule has 1 aliphatic heterocycles. The number of fused-ring (bicyclic) bond motifs is 1. The number of carboxylic acid groups (broad SMARTS) is 1. The van der Waals surface area contributed by atoms with E-state index >= 15 is 0 Å². The lowest BCUT2D eigenvalue weighted by Crippen LogP contribution is -2.55. The monoisotopic (exact) mass is 414 g/mol. The molecular formula is C23H30N2O5. The summed E-state index contributed by atoms with van der Waals surface area (Å²) in [4.78, 5) is 38.9. The molecule has 30 heavy (non-hydrogen) atoms. The maximum atomic E-state index is 13.2. The minimum Gasteiger partial charge on any atom is -0.480 e. The van der Waals surface area contributed by atoms with Crippen LogP contribution in [0.1, 0.15) is 38.7 Å². The molecule has 5 atom stereocenters. The third kappa shape index (κ3) is 4.90. The molecule has 0 aromatic heterocycles. The zero-order valence-electron chi connectivity index (χ0n) is 17.5. The number of hydrogen-bond acceptors (Lipinski definition) is 5. The molecule has 1 heterocycles. The molecule has 2 aliphatic rings. The minimum atomic E-state index is -0.982. The first-order valence-electron chi connectivity index (χ1n) is 10.6. The van der Waals surface area contributed by atoms with Gasteiger partial charge in [-0.1, -0.05) is 42.5 Å². The summed E-state index contributed by atoms with van der Waals surface area (Å²) in [6.45, 7) is 3.68. The van der Waals surface area contributed by atoms with Crippen LogP contribution in [0, 0.1) is 5.92 Å². The molecule has 7 heteroatoms. The number of ether oxygens (including phenoxy) is 1. The highest BCUT2D eigenvalue weighted by Crippen LogP contribution is 2.37. The number of benzene rings is 1. The lowest BCUT2D eigenvalue weighted by atomic mass is 10.0. The molecular weight excluding hydrogens is 384 g/mol. The molecule has 1 amide bonds. The van der Waals surface area contributed by atoms with Crippen LogP contribution in [0.2, 0.25) is 0 Å². The van der Waals surface area contributed by atoms with Gasteiger partial charge in [-0.05, 0) is 51.0 Å². The van der Waals surface area contributed by atoms with Crippen LogP contribution in [0.15, 0.2) is 42.5 Å².